The van der Waals surface area contributed by atoms with Crippen LogP contribution in [0.5, 0.6) is 11.5 Å². The van der Waals surface area contributed by atoms with Crippen molar-refractivity contribution < 1.29 is 14.3 Å². The van der Waals surface area contributed by atoms with E-state index in [1.165, 1.54) is 5.56 Å². The van der Waals surface area contributed by atoms with E-state index in [0.717, 1.165) is 12.0 Å². The van der Waals surface area contributed by atoms with Crippen LogP contribution in [-0.4, -0.2) is 25.8 Å². The van der Waals surface area contributed by atoms with E-state index in [0.29, 0.717) is 23.1 Å². The number of hydrazone groups is 1. The third-order valence-corrected chi connectivity index (χ3v) is 4.49. The zero-order chi connectivity index (χ0) is 17.8. The van der Waals surface area contributed by atoms with Crippen LogP contribution >= 0.6 is 0 Å². The standard InChI is InChI=1S/C20H22N2O3/c1-13(16-10-9-15(24-2)11-19(16)25-3)21-22-20(23)18-12-17(18)14-7-5-4-6-8-14/h4-11,17-18H,12H2,1-3H3,(H,22,23)/b21-13+. The molecule has 1 aliphatic rings. The zero-order valence-electron chi connectivity index (χ0n) is 14.7. The summed E-state index contributed by atoms with van der Waals surface area (Å²) in [7, 11) is 3.20. The fourth-order valence-electron chi connectivity index (χ4n) is 2.93. The number of ether oxygens (including phenoxy) is 2. The predicted octanol–water partition coefficient (Wildman–Crippen LogP) is 3.35. The molecule has 0 saturated heterocycles. The highest BCUT2D eigenvalue weighted by atomic mass is 16.5. The molecule has 1 amide bonds. The van der Waals surface area contributed by atoms with Crippen molar-refractivity contribution in [2.45, 2.75) is 19.3 Å². The van der Waals surface area contributed by atoms with Crippen molar-refractivity contribution in [3.05, 3.63) is 59.7 Å². The molecular formula is C20H22N2O3. The van der Waals surface area contributed by atoms with Gasteiger partial charge < -0.3 is 9.47 Å². The normalized spacial score (nSPS) is 19.2. The minimum absolute atomic E-state index is 0.00304. The molecule has 2 aromatic carbocycles. The van der Waals surface area contributed by atoms with E-state index in [1.807, 2.05) is 37.3 Å². The average Bonchev–Trinajstić information content (AvgIpc) is 3.47. The number of carbonyl (C=O) groups excluding carboxylic acids is 1. The molecule has 2 unspecified atom stereocenters. The minimum atomic E-state index is -0.0410. The Kier molecular flexibility index (Phi) is 5.03. The number of nitrogens with zero attached hydrogens (tertiary/aromatic N) is 1. The second kappa shape index (κ2) is 7.38. The number of methoxy groups -OCH3 is 2. The van der Waals surface area contributed by atoms with Gasteiger partial charge in [0.25, 0.3) is 0 Å². The quantitative estimate of drug-likeness (QED) is 0.649. The molecule has 1 fully saturated rings. The molecule has 1 saturated carbocycles. The van der Waals surface area contributed by atoms with Crippen molar-refractivity contribution in [2.75, 3.05) is 14.2 Å². The molecular weight excluding hydrogens is 316 g/mol. The first-order valence-corrected chi connectivity index (χ1v) is 8.25. The van der Waals surface area contributed by atoms with Crippen molar-refractivity contribution in [3.8, 4) is 11.5 Å². The van der Waals surface area contributed by atoms with Crippen LogP contribution in [0.25, 0.3) is 0 Å². The molecule has 5 nitrogen and oxygen atoms in total. The van der Waals surface area contributed by atoms with Gasteiger partial charge in [-0.1, -0.05) is 30.3 Å². The lowest BCUT2D eigenvalue weighted by Crippen LogP contribution is -2.21. The maximum absolute atomic E-state index is 12.3. The van der Waals surface area contributed by atoms with Crippen LogP contribution in [0.4, 0.5) is 0 Å². The van der Waals surface area contributed by atoms with E-state index in [4.69, 9.17) is 9.47 Å². The summed E-state index contributed by atoms with van der Waals surface area (Å²) in [6.07, 6.45) is 0.871. The van der Waals surface area contributed by atoms with Crippen LogP contribution < -0.4 is 14.9 Å². The van der Waals surface area contributed by atoms with Crippen LogP contribution in [0.2, 0.25) is 0 Å². The summed E-state index contributed by atoms with van der Waals surface area (Å²) in [6.45, 7) is 1.84. The number of carbonyl (C=O) groups is 1. The van der Waals surface area contributed by atoms with Crippen molar-refractivity contribution in [1.82, 2.24) is 5.43 Å². The van der Waals surface area contributed by atoms with Gasteiger partial charge in [0.15, 0.2) is 0 Å². The molecule has 5 heteroatoms. The van der Waals surface area contributed by atoms with Gasteiger partial charge in [0.1, 0.15) is 11.5 Å². The number of rotatable bonds is 6. The first-order chi connectivity index (χ1) is 12.1. The first-order valence-electron chi connectivity index (χ1n) is 8.25. The van der Waals surface area contributed by atoms with Crippen LogP contribution in [0, 0.1) is 5.92 Å². The van der Waals surface area contributed by atoms with E-state index in [1.54, 1.807) is 20.3 Å². The van der Waals surface area contributed by atoms with E-state index in [9.17, 15) is 4.79 Å². The van der Waals surface area contributed by atoms with Crippen molar-refractivity contribution in [2.24, 2.45) is 11.0 Å². The fraction of sp³-hybridized carbons (Fsp3) is 0.300. The summed E-state index contributed by atoms with van der Waals surface area (Å²) in [5, 5.41) is 4.24. The highest BCUT2D eigenvalue weighted by Gasteiger charge is 2.43. The smallest absolute Gasteiger partial charge is 0.243 e. The van der Waals surface area contributed by atoms with Crippen molar-refractivity contribution in [3.63, 3.8) is 0 Å². The Balaban J connectivity index is 1.65. The van der Waals surface area contributed by atoms with E-state index >= 15 is 0 Å². The predicted molar refractivity (Wildman–Crippen MR) is 97.2 cm³/mol. The molecule has 2 aromatic rings. The molecule has 2 atom stereocenters. The molecule has 130 valence electrons. The van der Waals surface area contributed by atoms with Gasteiger partial charge in [-0.3, -0.25) is 4.79 Å². The number of hydrogen-bond acceptors (Lipinski definition) is 4. The topological polar surface area (TPSA) is 59.9 Å². The Hall–Kier alpha value is -2.82. The Morgan fingerprint density at radius 1 is 1.12 bits per heavy atom. The second-order valence-corrected chi connectivity index (χ2v) is 6.10. The molecule has 1 N–H and O–H groups in total. The van der Waals surface area contributed by atoms with Gasteiger partial charge in [0.05, 0.1) is 19.9 Å². The van der Waals surface area contributed by atoms with Gasteiger partial charge in [-0.15, -0.1) is 0 Å². The van der Waals surface area contributed by atoms with Crippen molar-refractivity contribution >= 4 is 11.6 Å². The minimum Gasteiger partial charge on any atom is -0.497 e. The number of amides is 1. The van der Waals surface area contributed by atoms with E-state index in [2.05, 4.69) is 22.7 Å². The third-order valence-electron chi connectivity index (χ3n) is 4.49. The summed E-state index contributed by atoms with van der Waals surface area (Å²) >= 11 is 0. The summed E-state index contributed by atoms with van der Waals surface area (Å²) < 4.78 is 10.6. The molecule has 0 spiro atoms. The van der Waals surface area contributed by atoms with Gasteiger partial charge in [-0.2, -0.15) is 5.10 Å². The molecule has 0 aliphatic heterocycles. The summed E-state index contributed by atoms with van der Waals surface area (Å²) in [5.41, 5.74) is 5.40. The van der Waals surface area contributed by atoms with Gasteiger partial charge >= 0.3 is 0 Å². The molecule has 3 rings (SSSR count). The fourth-order valence-corrected chi connectivity index (χ4v) is 2.93. The maximum Gasteiger partial charge on any atom is 0.243 e. The lowest BCUT2D eigenvalue weighted by Gasteiger charge is -2.10. The number of benzene rings is 2. The van der Waals surface area contributed by atoms with Gasteiger partial charge in [0.2, 0.25) is 5.91 Å². The highest BCUT2D eigenvalue weighted by Crippen LogP contribution is 2.47. The maximum atomic E-state index is 12.3. The second-order valence-electron chi connectivity index (χ2n) is 6.10. The van der Waals surface area contributed by atoms with E-state index < -0.39 is 0 Å². The summed E-state index contributed by atoms with van der Waals surface area (Å²) in [5.74, 6) is 1.62. The van der Waals surface area contributed by atoms with Gasteiger partial charge in [-0.25, -0.2) is 5.43 Å². The Bertz CT molecular complexity index is 787. The van der Waals surface area contributed by atoms with Crippen LogP contribution in [0.1, 0.15) is 30.4 Å². The molecule has 25 heavy (non-hydrogen) atoms. The average molecular weight is 338 g/mol. The Labute approximate surface area is 147 Å². The molecule has 0 radical (unpaired) electrons. The van der Waals surface area contributed by atoms with Crippen LogP contribution in [0.15, 0.2) is 53.6 Å². The first kappa shape index (κ1) is 17.0. The lowest BCUT2D eigenvalue weighted by atomic mass is 10.1. The molecule has 0 aromatic heterocycles. The summed E-state index contributed by atoms with van der Waals surface area (Å²) in [4.78, 5) is 12.3. The van der Waals surface area contributed by atoms with Crippen LogP contribution in [-0.2, 0) is 4.79 Å². The molecule has 1 aliphatic carbocycles. The molecule has 0 heterocycles. The number of hydrogen-bond donors (Lipinski definition) is 1. The van der Waals surface area contributed by atoms with Crippen molar-refractivity contribution in [1.29, 1.82) is 0 Å². The van der Waals surface area contributed by atoms with Gasteiger partial charge in [-0.05, 0) is 37.0 Å². The Morgan fingerprint density at radius 2 is 1.88 bits per heavy atom. The van der Waals surface area contributed by atoms with Gasteiger partial charge in [0, 0.05) is 17.5 Å². The van der Waals surface area contributed by atoms with Crippen LogP contribution in [0.3, 0.4) is 0 Å². The Morgan fingerprint density at radius 3 is 2.56 bits per heavy atom. The number of nitrogens with one attached hydrogen (secondary N) is 1. The van der Waals surface area contributed by atoms with E-state index in [-0.39, 0.29) is 11.8 Å². The highest BCUT2D eigenvalue weighted by molar-refractivity contribution is 6.02. The third kappa shape index (κ3) is 3.82. The SMILES string of the molecule is COc1ccc(/C(C)=N/NC(=O)C2CC2c2ccccc2)c(OC)c1. The monoisotopic (exact) mass is 338 g/mol. The summed E-state index contributed by atoms with van der Waals surface area (Å²) in [6, 6.07) is 15.6. The zero-order valence-corrected chi connectivity index (χ0v) is 14.7. The largest absolute Gasteiger partial charge is 0.497 e. The lowest BCUT2D eigenvalue weighted by molar-refractivity contribution is -0.122. The molecule has 0 bridgehead atoms.